The van der Waals surface area contributed by atoms with E-state index in [0.717, 1.165) is 41.3 Å². The molecule has 0 amide bonds. The molecular formula is C16H23N3. The SMILES string of the molecule is CC(C)CCN(C)Cc1cc(N)c2ccccc2n1. The number of anilines is 1. The van der Waals surface area contributed by atoms with Gasteiger partial charge in [0.05, 0.1) is 11.2 Å². The van der Waals surface area contributed by atoms with Gasteiger partial charge in [-0.05, 0) is 38.1 Å². The predicted molar refractivity (Wildman–Crippen MR) is 81.9 cm³/mol. The monoisotopic (exact) mass is 257 g/mol. The zero-order chi connectivity index (χ0) is 13.8. The molecule has 0 bridgehead atoms. The van der Waals surface area contributed by atoms with E-state index < -0.39 is 0 Å². The summed E-state index contributed by atoms with van der Waals surface area (Å²) in [7, 11) is 2.13. The van der Waals surface area contributed by atoms with Gasteiger partial charge in [-0.15, -0.1) is 0 Å². The summed E-state index contributed by atoms with van der Waals surface area (Å²) in [5.41, 5.74) is 8.94. The summed E-state index contributed by atoms with van der Waals surface area (Å²) in [6.07, 6.45) is 1.21. The molecule has 0 aliphatic rings. The van der Waals surface area contributed by atoms with Crippen LogP contribution in [0.15, 0.2) is 30.3 Å². The fourth-order valence-corrected chi connectivity index (χ4v) is 2.17. The molecule has 2 aromatic rings. The van der Waals surface area contributed by atoms with E-state index in [1.165, 1.54) is 6.42 Å². The van der Waals surface area contributed by atoms with Crippen molar-refractivity contribution in [1.82, 2.24) is 9.88 Å². The van der Waals surface area contributed by atoms with Crippen molar-refractivity contribution in [2.75, 3.05) is 19.3 Å². The van der Waals surface area contributed by atoms with Crippen LogP contribution >= 0.6 is 0 Å². The Morgan fingerprint density at radius 1 is 1.26 bits per heavy atom. The van der Waals surface area contributed by atoms with Crippen LogP contribution in [0.4, 0.5) is 5.69 Å². The minimum absolute atomic E-state index is 0.733. The van der Waals surface area contributed by atoms with Gasteiger partial charge in [-0.1, -0.05) is 32.0 Å². The van der Waals surface area contributed by atoms with Gasteiger partial charge in [0.2, 0.25) is 0 Å². The summed E-state index contributed by atoms with van der Waals surface area (Å²) in [5, 5.41) is 1.04. The lowest BCUT2D eigenvalue weighted by atomic mass is 10.1. The Morgan fingerprint density at radius 2 is 2.00 bits per heavy atom. The van der Waals surface area contributed by atoms with E-state index in [0.29, 0.717) is 0 Å². The largest absolute Gasteiger partial charge is 0.398 e. The van der Waals surface area contributed by atoms with Gasteiger partial charge in [-0.25, -0.2) is 0 Å². The molecule has 3 nitrogen and oxygen atoms in total. The van der Waals surface area contributed by atoms with Crippen LogP contribution in [0.1, 0.15) is 26.0 Å². The van der Waals surface area contributed by atoms with Gasteiger partial charge >= 0.3 is 0 Å². The zero-order valence-electron chi connectivity index (χ0n) is 12.1. The number of hydrogen-bond donors (Lipinski definition) is 1. The number of nitrogens with two attached hydrogens (primary N) is 1. The first kappa shape index (κ1) is 13.8. The van der Waals surface area contributed by atoms with Gasteiger partial charge in [0, 0.05) is 17.6 Å². The lowest BCUT2D eigenvalue weighted by Crippen LogP contribution is -2.21. The van der Waals surface area contributed by atoms with E-state index in [9.17, 15) is 0 Å². The fraction of sp³-hybridized carbons (Fsp3) is 0.438. The van der Waals surface area contributed by atoms with Crippen molar-refractivity contribution in [3.63, 3.8) is 0 Å². The lowest BCUT2D eigenvalue weighted by molar-refractivity contribution is 0.300. The minimum atomic E-state index is 0.733. The zero-order valence-corrected chi connectivity index (χ0v) is 12.1. The van der Waals surface area contributed by atoms with Crippen LogP contribution < -0.4 is 5.73 Å². The van der Waals surface area contributed by atoms with E-state index >= 15 is 0 Å². The molecule has 1 aromatic heterocycles. The lowest BCUT2D eigenvalue weighted by Gasteiger charge is -2.18. The van der Waals surface area contributed by atoms with E-state index in [1.54, 1.807) is 0 Å². The molecule has 0 aliphatic heterocycles. The summed E-state index contributed by atoms with van der Waals surface area (Å²) >= 11 is 0. The molecule has 3 heteroatoms. The molecule has 0 radical (unpaired) electrons. The van der Waals surface area contributed by atoms with E-state index in [-0.39, 0.29) is 0 Å². The Morgan fingerprint density at radius 3 is 2.74 bits per heavy atom. The third-order valence-corrected chi connectivity index (χ3v) is 3.32. The van der Waals surface area contributed by atoms with Gasteiger partial charge in [0.25, 0.3) is 0 Å². The highest BCUT2D eigenvalue weighted by Crippen LogP contribution is 2.20. The molecule has 1 heterocycles. The van der Waals surface area contributed by atoms with Gasteiger partial charge in [-0.2, -0.15) is 0 Å². The second-order valence-electron chi connectivity index (χ2n) is 5.64. The van der Waals surface area contributed by atoms with Crippen molar-refractivity contribution in [2.24, 2.45) is 5.92 Å². The number of pyridine rings is 1. The van der Waals surface area contributed by atoms with Crippen molar-refractivity contribution in [2.45, 2.75) is 26.8 Å². The summed E-state index contributed by atoms with van der Waals surface area (Å²) in [5.74, 6) is 0.733. The Labute approximate surface area is 115 Å². The Bertz CT molecular complexity index is 549. The van der Waals surface area contributed by atoms with Crippen molar-refractivity contribution < 1.29 is 0 Å². The second-order valence-corrected chi connectivity index (χ2v) is 5.64. The van der Waals surface area contributed by atoms with Crippen molar-refractivity contribution in [3.05, 3.63) is 36.0 Å². The maximum Gasteiger partial charge on any atom is 0.0726 e. The average Bonchev–Trinajstić information content (AvgIpc) is 2.36. The Hall–Kier alpha value is -1.61. The number of rotatable bonds is 5. The second kappa shape index (κ2) is 6.02. The first-order valence-corrected chi connectivity index (χ1v) is 6.89. The van der Waals surface area contributed by atoms with E-state index in [1.807, 2.05) is 30.3 Å². The highest BCUT2D eigenvalue weighted by molar-refractivity contribution is 5.90. The van der Waals surface area contributed by atoms with E-state index in [2.05, 4.69) is 30.8 Å². The molecule has 0 unspecified atom stereocenters. The number of benzene rings is 1. The maximum absolute atomic E-state index is 6.10. The molecular weight excluding hydrogens is 234 g/mol. The van der Waals surface area contributed by atoms with Gasteiger partial charge in [0.1, 0.15) is 0 Å². The molecule has 2 N–H and O–H groups in total. The number of aromatic nitrogens is 1. The molecule has 102 valence electrons. The summed E-state index contributed by atoms with van der Waals surface area (Å²) in [4.78, 5) is 6.98. The van der Waals surface area contributed by atoms with E-state index in [4.69, 9.17) is 5.73 Å². The molecule has 1 aromatic carbocycles. The molecule has 0 spiro atoms. The summed E-state index contributed by atoms with van der Waals surface area (Å²) in [6, 6.07) is 10.0. The van der Waals surface area contributed by atoms with Crippen molar-refractivity contribution in [1.29, 1.82) is 0 Å². The van der Waals surface area contributed by atoms with Gasteiger partial charge < -0.3 is 10.6 Å². The van der Waals surface area contributed by atoms with Gasteiger partial charge in [0.15, 0.2) is 0 Å². The first-order chi connectivity index (χ1) is 9.06. The predicted octanol–water partition coefficient (Wildman–Crippen LogP) is 3.29. The number of hydrogen-bond acceptors (Lipinski definition) is 3. The molecule has 19 heavy (non-hydrogen) atoms. The number of nitrogen functional groups attached to an aromatic ring is 1. The van der Waals surface area contributed by atoms with Crippen LogP contribution in [0, 0.1) is 5.92 Å². The van der Waals surface area contributed by atoms with Crippen molar-refractivity contribution in [3.8, 4) is 0 Å². The molecule has 0 aliphatic carbocycles. The highest BCUT2D eigenvalue weighted by atomic mass is 15.1. The smallest absolute Gasteiger partial charge is 0.0726 e. The number of fused-ring (bicyclic) bond motifs is 1. The molecule has 0 saturated heterocycles. The van der Waals surface area contributed by atoms with Crippen LogP contribution in [0.2, 0.25) is 0 Å². The van der Waals surface area contributed by atoms with Crippen LogP contribution in [0.3, 0.4) is 0 Å². The third kappa shape index (κ3) is 3.67. The number of para-hydroxylation sites is 1. The number of nitrogens with zero attached hydrogens (tertiary/aromatic N) is 2. The van der Waals surface area contributed by atoms with Gasteiger partial charge in [-0.3, -0.25) is 4.98 Å². The van der Waals surface area contributed by atoms with Crippen LogP contribution in [0.5, 0.6) is 0 Å². The average molecular weight is 257 g/mol. The van der Waals surface area contributed by atoms with Crippen LogP contribution in [-0.4, -0.2) is 23.5 Å². The normalized spacial score (nSPS) is 11.6. The summed E-state index contributed by atoms with van der Waals surface area (Å²) < 4.78 is 0. The maximum atomic E-state index is 6.10. The first-order valence-electron chi connectivity index (χ1n) is 6.89. The van der Waals surface area contributed by atoms with Crippen LogP contribution in [-0.2, 0) is 6.54 Å². The summed E-state index contributed by atoms with van der Waals surface area (Å²) in [6.45, 7) is 6.44. The van der Waals surface area contributed by atoms with Crippen LogP contribution in [0.25, 0.3) is 10.9 Å². The minimum Gasteiger partial charge on any atom is -0.398 e. The molecule has 0 atom stereocenters. The highest BCUT2D eigenvalue weighted by Gasteiger charge is 2.06. The fourth-order valence-electron chi connectivity index (χ4n) is 2.17. The molecule has 0 fully saturated rings. The Kier molecular flexibility index (Phi) is 4.38. The topological polar surface area (TPSA) is 42.1 Å². The Balaban J connectivity index is 2.12. The quantitative estimate of drug-likeness (QED) is 0.893. The molecule has 0 saturated carbocycles. The standard InChI is InChI=1S/C16H23N3/c1-12(2)8-9-19(3)11-13-10-15(17)14-6-4-5-7-16(14)18-13/h4-7,10,12H,8-9,11H2,1-3H3,(H2,17,18). The molecule has 2 rings (SSSR count). The third-order valence-electron chi connectivity index (χ3n) is 3.32. The van der Waals surface area contributed by atoms with Crippen molar-refractivity contribution >= 4 is 16.6 Å².